The number of hydrogen-bond donors (Lipinski definition) is 0. The van der Waals surface area contributed by atoms with Crippen LogP contribution in [0.15, 0.2) is 36.4 Å². The van der Waals surface area contributed by atoms with E-state index in [1.807, 2.05) is 13.8 Å². The highest BCUT2D eigenvalue weighted by Crippen LogP contribution is 2.36. The largest absolute Gasteiger partial charge is 0.462 e. The Bertz CT molecular complexity index is 1080. The molecule has 1 aliphatic rings. The van der Waals surface area contributed by atoms with Gasteiger partial charge in [0.15, 0.2) is 17.3 Å². The van der Waals surface area contributed by atoms with Crippen molar-refractivity contribution in [2.75, 3.05) is 13.4 Å². The van der Waals surface area contributed by atoms with E-state index in [0.29, 0.717) is 40.1 Å². The molecule has 4 rings (SSSR count). The highest BCUT2D eigenvalue weighted by Gasteiger charge is 2.23. The molecule has 0 amide bonds. The molecule has 1 aliphatic heterocycles. The van der Waals surface area contributed by atoms with Gasteiger partial charge in [-0.15, -0.1) is 5.10 Å². The molecule has 150 valence electrons. The van der Waals surface area contributed by atoms with Gasteiger partial charge in [-0.2, -0.15) is 9.67 Å². The summed E-state index contributed by atoms with van der Waals surface area (Å²) in [6, 6.07) is 10.0. The van der Waals surface area contributed by atoms with Crippen LogP contribution in [-0.2, 0) is 0 Å². The van der Waals surface area contributed by atoms with E-state index < -0.39 is 5.91 Å². The van der Waals surface area contributed by atoms with E-state index in [4.69, 9.17) is 37.4 Å². The van der Waals surface area contributed by atoms with E-state index in [9.17, 15) is 4.79 Å². The zero-order chi connectivity index (χ0) is 20.5. The van der Waals surface area contributed by atoms with Gasteiger partial charge < -0.3 is 14.2 Å². The first-order valence-electron chi connectivity index (χ1n) is 8.92. The summed E-state index contributed by atoms with van der Waals surface area (Å²) in [6.45, 7) is 4.59. The van der Waals surface area contributed by atoms with Crippen molar-refractivity contribution in [3.8, 4) is 28.9 Å². The number of ether oxygens (including phenoxy) is 3. The molecule has 0 aliphatic carbocycles. The third kappa shape index (κ3) is 4.02. The van der Waals surface area contributed by atoms with E-state index in [1.165, 1.54) is 10.7 Å². The lowest BCUT2D eigenvalue weighted by atomic mass is 10.1. The van der Waals surface area contributed by atoms with Crippen LogP contribution < -0.4 is 14.2 Å². The Morgan fingerprint density at radius 2 is 1.93 bits per heavy atom. The molecule has 0 radical (unpaired) electrons. The maximum absolute atomic E-state index is 13.1. The average molecular weight is 434 g/mol. The third-order valence-corrected chi connectivity index (χ3v) is 4.86. The highest BCUT2D eigenvalue weighted by atomic mass is 35.5. The monoisotopic (exact) mass is 433 g/mol. The first kappa shape index (κ1) is 19.5. The highest BCUT2D eigenvalue weighted by molar-refractivity contribution is 6.42. The number of benzene rings is 2. The third-order valence-electron chi connectivity index (χ3n) is 4.12. The zero-order valence-corrected chi connectivity index (χ0v) is 17.2. The maximum atomic E-state index is 13.1. The van der Waals surface area contributed by atoms with Crippen molar-refractivity contribution in [2.24, 2.45) is 5.92 Å². The molecule has 0 unspecified atom stereocenters. The lowest BCUT2D eigenvalue weighted by Crippen LogP contribution is -2.15. The van der Waals surface area contributed by atoms with Crippen LogP contribution in [0.25, 0.3) is 11.4 Å². The van der Waals surface area contributed by atoms with Gasteiger partial charge in [0.2, 0.25) is 6.79 Å². The predicted molar refractivity (Wildman–Crippen MR) is 108 cm³/mol. The van der Waals surface area contributed by atoms with E-state index in [2.05, 4.69) is 10.1 Å². The van der Waals surface area contributed by atoms with Crippen molar-refractivity contribution < 1.29 is 19.0 Å². The van der Waals surface area contributed by atoms with E-state index in [1.54, 1.807) is 30.3 Å². The van der Waals surface area contributed by atoms with Gasteiger partial charge in [0.1, 0.15) is 0 Å². The normalized spacial score (nSPS) is 12.4. The summed E-state index contributed by atoms with van der Waals surface area (Å²) in [7, 11) is 0. The molecule has 1 aromatic heterocycles. The molecule has 0 saturated heterocycles. The van der Waals surface area contributed by atoms with Gasteiger partial charge in [-0.05, 0) is 42.3 Å². The molecule has 2 aromatic carbocycles. The summed E-state index contributed by atoms with van der Waals surface area (Å²) in [5, 5.41) is 4.90. The lowest BCUT2D eigenvalue weighted by Gasteiger charge is -2.06. The number of halogens is 2. The molecule has 2 heterocycles. The summed E-state index contributed by atoms with van der Waals surface area (Å²) in [5.41, 5.74) is 0.955. The molecule has 9 heteroatoms. The maximum Gasteiger partial charge on any atom is 0.336 e. The molecule has 29 heavy (non-hydrogen) atoms. The summed E-state index contributed by atoms with van der Waals surface area (Å²) in [5.74, 6) is 1.39. The van der Waals surface area contributed by atoms with Crippen LogP contribution in [0, 0.1) is 5.92 Å². The number of aromatic nitrogens is 3. The smallest absolute Gasteiger partial charge is 0.336 e. The fourth-order valence-corrected chi connectivity index (χ4v) is 3.01. The van der Waals surface area contributed by atoms with E-state index in [-0.39, 0.29) is 23.7 Å². The van der Waals surface area contributed by atoms with Gasteiger partial charge in [-0.3, -0.25) is 4.79 Å². The molecule has 0 N–H and O–H groups in total. The number of carbonyl (C=O) groups is 1. The average Bonchev–Trinajstić information content (AvgIpc) is 3.34. The minimum Gasteiger partial charge on any atom is -0.462 e. The SMILES string of the molecule is CC(C)COc1nc(-c2ccc3c(c2)OCO3)n(C(=O)c2ccc(Cl)c(Cl)c2)n1. The van der Waals surface area contributed by atoms with E-state index in [0.717, 1.165) is 0 Å². The van der Waals surface area contributed by atoms with Gasteiger partial charge in [-0.25, -0.2) is 0 Å². The zero-order valence-electron chi connectivity index (χ0n) is 15.7. The second-order valence-electron chi connectivity index (χ2n) is 6.84. The summed E-state index contributed by atoms with van der Waals surface area (Å²) >= 11 is 12.0. The lowest BCUT2D eigenvalue weighted by molar-refractivity contribution is 0.0944. The quantitative estimate of drug-likeness (QED) is 0.579. The molecule has 0 fully saturated rings. The number of fused-ring (bicyclic) bond motifs is 1. The van der Waals surface area contributed by atoms with Crippen molar-refractivity contribution in [3.05, 3.63) is 52.0 Å². The molecule has 0 spiro atoms. The molecular weight excluding hydrogens is 417 g/mol. The topological polar surface area (TPSA) is 75.5 Å². The van der Waals surface area contributed by atoms with Crippen molar-refractivity contribution in [1.82, 2.24) is 14.8 Å². The summed E-state index contributed by atoms with van der Waals surface area (Å²) in [6.07, 6.45) is 0. The Labute approximate surface area is 177 Å². The molecule has 3 aromatic rings. The van der Waals surface area contributed by atoms with Crippen LogP contribution in [-0.4, -0.2) is 34.1 Å². The van der Waals surface area contributed by atoms with Crippen molar-refractivity contribution in [2.45, 2.75) is 13.8 Å². The Kier molecular flexibility index (Phi) is 5.34. The van der Waals surface area contributed by atoms with Crippen LogP contribution in [0.5, 0.6) is 17.5 Å². The Morgan fingerprint density at radius 1 is 1.14 bits per heavy atom. The minimum absolute atomic E-state index is 0.111. The van der Waals surface area contributed by atoms with Crippen molar-refractivity contribution in [1.29, 1.82) is 0 Å². The molecule has 0 atom stereocenters. The van der Waals surface area contributed by atoms with Gasteiger partial charge in [-0.1, -0.05) is 37.0 Å². The minimum atomic E-state index is -0.414. The van der Waals surface area contributed by atoms with E-state index >= 15 is 0 Å². The Hall–Kier alpha value is -2.77. The van der Waals surface area contributed by atoms with Crippen LogP contribution in [0.3, 0.4) is 0 Å². The van der Waals surface area contributed by atoms with Crippen LogP contribution in [0.2, 0.25) is 10.0 Å². The fraction of sp³-hybridized carbons (Fsp3) is 0.250. The second-order valence-corrected chi connectivity index (χ2v) is 7.65. The second kappa shape index (κ2) is 7.93. The summed E-state index contributed by atoms with van der Waals surface area (Å²) < 4.78 is 17.6. The Balaban J connectivity index is 1.76. The molecular formula is C20H17Cl2N3O4. The van der Waals surface area contributed by atoms with Gasteiger partial charge >= 0.3 is 6.01 Å². The first-order chi connectivity index (χ1) is 13.9. The number of rotatable bonds is 5. The van der Waals surface area contributed by atoms with Gasteiger partial charge in [0.05, 0.1) is 16.7 Å². The number of carbonyl (C=O) groups excluding carboxylic acids is 1. The predicted octanol–water partition coefficient (Wildman–Crippen LogP) is 4.70. The van der Waals surface area contributed by atoms with Crippen LogP contribution >= 0.6 is 23.2 Å². The van der Waals surface area contributed by atoms with Crippen molar-refractivity contribution in [3.63, 3.8) is 0 Å². The first-order valence-corrected chi connectivity index (χ1v) is 9.67. The Morgan fingerprint density at radius 3 is 2.69 bits per heavy atom. The number of nitrogens with zero attached hydrogens (tertiary/aromatic N) is 3. The number of hydrogen-bond acceptors (Lipinski definition) is 6. The van der Waals surface area contributed by atoms with Crippen molar-refractivity contribution >= 4 is 29.1 Å². The van der Waals surface area contributed by atoms with Gasteiger partial charge in [0.25, 0.3) is 5.91 Å². The summed E-state index contributed by atoms with van der Waals surface area (Å²) in [4.78, 5) is 17.6. The molecule has 0 bridgehead atoms. The van der Waals surface area contributed by atoms with Gasteiger partial charge in [0, 0.05) is 11.1 Å². The van der Waals surface area contributed by atoms with Crippen LogP contribution in [0.1, 0.15) is 24.2 Å². The molecule has 0 saturated carbocycles. The molecule has 7 nitrogen and oxygen atoms in total. The fourth-order valence-electron chi connectivity index (χ4n) is 2.71. The van der Waals surface area contributed by atoms with Crippen LogP contribution in [0.4, 0.5) is 0 Å². The standard InChI is InChI=1S/C20H17Cl2N3O4/c1-11(2)9-27-20-23-18(12-4-6-16-17(8-12)29-10-28-16)25(24-20)19(26)13-3-5-14(21)15(22)7-13/h3-8,11H,9-10H2,1-2H3.